The lowest BCUT2D eigenvalue weighted by molar-refractivity contribution is -0.131. The van der Waals surface area contributed by atoms with Crippen molar-refractivity contribution in [1.82, 2.24) is 15.8 Å². The molecule has 2 aromatic rings. The number of nitrogens with one attached hydrogen (secondary N) is 3. The quantitative estimate of drug-likeness (QED) is 0.550. The van der Waals surface area contributed by atoms with Crippen molar-refractivity contribution in [2.45, 2.75) is 20.0 Å². The molecule has 1 heterocycles. The Bertz CT molecular complexity index is 907. The summed E-state index contributed by atoms with van der Waals surface area (Å²) in [6.45, 7) is 4.20. The normalized spacial score (nSPS) is 17.1. The molecule has 0 saturated heterocycles. The predicted molar refractivity (Wildman–Crippen MR) is 109 cm³/mol. The van der Waals surface area contributed by atoms with E-state index < -0.39 is 0 Å². The predicted octanol–water partition coefficient (Wildman–Crippen LogP) is 2.79. The Morgan fingerprint density at radius 1 is 1.21 bits per heavy atom. The number of carbonyl (C=O) groups is 1. The number of benzene rings is 2. The van der Waals surface area contributed by atoms with Crippen molar-refractivity contribution < 1.29 is 9.18 Å². The number of rotatable bonds is 5. The van der Waals surface area contributed by atoms with Crippen LogP contribution in [0.15, 0.2) is 65.3 Å². The second-order valence-electron chi connectivity index (χ2n) is 6.58. The van der Waals surface area contributed by atoms with Gasteiger partial charge in [0.05, 0.1) is 12.2 Å². The SMILES string of the molecule is CN=C(NN1C(=O)C=C(CNc2ccccc2F)NC1C)c1ccc(C)cc1. The van der Waals surface area contributed by atoms with Crippen LogP contribution in [0.1, 0.15) is 18.1 Å². The molecule has 3 N–H and O–H groups in total. The molecule has 0 aromatic heterocycles. The number of amides is 1. The zero-order valence-corrected chi connectivity index (χ0v) is 16.2. The van der Waals surface area contributed by atoms with Gasteiger partial charge in [-0.3, -0.25) is 15.2 Å². The third kappa shape index (κ3) is 4.49. The number of carbonyl (C=O) groups excluding carboxylic acids is 1. The minimum atomic E-state index is -0.330. The second-order valence-corrected chi connectivity index (χ2v) is 6.58. The molecule has 1 amide bonds. The summed E-state index contributed by atoms with van der Waals surface area (Å²) in [6, 6.07) is 14.3. The monoisotopic (exact) mass is 381 g/mol. The fourth-order valence-electron chi connectivity index (χ4n) is 2.90. The molecule has 0 bridgehead atoms. The molecule has 0 spiro atoms. The Kier molecular flexibility index (Phi) is 5.93. The maximum atomic E-state index is 13.7. The van der Waals surface area contributed by atoms with Gasteiger partial charge in [0.2, 0.25) is 0 Å². The first-order valence-electron chi connectivity index (χ1n) is 9.07. The first kappa shape index (κ1) is 19.4. The van der Waals surface area contributed by atoms with Crippen molar-refractivity contribution in [1.29, 1.82) is 0 Å². The van der Waals surface area contributed by atoms with E-state index in [1.54, 1.807) is 25.2 Å². The summed E-state index contributed by atoms with van der Waals surface area (Å²) in [5, 5.41) is 7.72. The molecule has 1 unspecified atom stereocenters. The highest BCUT2D eigenvalue weighted by Gasteiger charge is 2.26. The molecule has 6 nitrogen and oxygen atoms in total. The lowest BCUT2D eigenvalue weighted by Crippen LogP contribution is -2.58. The molecule has 146 valence electrons. The molecule has 0 fully saturated rings. The molecule has 0 radical (unpaired) electrons. The number of hydrogen-bond donors (Lipinski definition) is 3. The zero-order chi connectivity index (χ0) is 20.1. The molecule has 28 heavy (non-hydrogen) atoms. The highest BCUT2D eigenvalue weighted by atomic mass is 19.1. The fourth-order valence-corrected chi connectivity index (χ4v) is 2.90. The number of aryl methyl sites for hydroxylation is 1. The van der Waals surface area contributed by atoms with Gasteiger partial charge in [-0.15, -0.1) is 0 Å². The Morgan fingerprint density at radius 2 is 1.93 bits per heavy atom. The minimum absolute atomic E-state index is 0.204. The molecule has 7 heteroatoms. The number of halogens is 1. The van der Waals surface area contributed by atoms with Crippen LogP contribution >= 0.6 is 0 Å². The van der Waals surface area contributed by atoms with Gasteiger partial charge in [-0.2, -0.15) is 0 Å². The van der Waals surface area contributed by atoms with E-state index in [0.29, 0.717) is 23.8 Å². The van der Waals surface area contributed by atoms with Gasteiger partial charge >= 0.3 is 0 Å². The lowest BCUT2D eigenvalue weighted by atomic mass is 10.1. The van der Waals surface area contributed by atoms with Gasteiger partial charge in [-0.1, -0.05) is 42.0 Å². The summed E-state index contributed by atoms with van der Waals surface area (Å²) >= 11 is 0. The Hall–Kier alpha value is -3.35. The van der Waals surface area contributed by atoms with Crippen LogP contribution in [-0.2, 0) is 4.79 Å². The van der Waals surface area contributed by atoms with Gasteiger partial charge in [0.15, 0.2) is 0 Å². The molecule has 0 aliphatic carbocycles. The van der Waals surface area contributed by atoms with Gasteiger partial charge < -0.3 is 10.6 Å². The van der Waals surface area contributed by atoms with Gasteiger partial charge in [0.1, 0.15) is 17.8 Å². The van der Waals surface area contributed by atoms with Crippen molar-refractivity contribution in [2.24, 2.45) is 4.99 Å². The zero-order valence-electron chi connectivity index (χ0n) is 16.2. The van der Waals surface area contributed by atoms with Crippen LogP contribution in [0.5, 0.6) is 0 Å². The molecule has 1 aliphatic heterocycles. The summed E-state index contributed by atoms with van der Waals surface area (Å²) in [5.41, 5.74) is 6.21. The van der Waals surface area contributed by atoms with E-state index in [1.165, 1.54) is 17.2 Å². The Morgan fingerprint density at radius 3 is 2.57 bits per heavy atom. The van der Waals surface area contributed by atoms with E-state index in [1.807, 2.05) is 38.1 Å². The molecule has 2 aromatic carbocycles. The summed E-state index contributed by atoms with van der Waals surface area (Å²) in [5.74, 6) is 0.0663. The first-order chi connectivity index (χ1) is 13.5. The fraction of sp³-hybridized carbons (Fsp3) is 0.238. The van der Waals surface area contributed by atoms with Crippen LogP contribution in [0.25, 0.3) is 0 Å². The number of amidine groups is 1. The maximum Gasteiger partial charge on any atom is 0.268 e. The third-order valence-corrected chi connectivity index (χ3v) is 4.43. The van der Waals surface area contributed by atoms with E-state index in [2.05, 4.69) is 21.1 Å². The smallest absolute Gasteiger partial charge is 0.268 e. The van der Waals surface area contributed by atoms with E-state index in [9.17, 15) is 9.18 Å². The largest absolute Gasteiger partial charge is 0.377 e. The van der Waals surface area contributed by atoms with E-state index >= 15 is 0 Å². The van der Waals surface area contributed by atoms with Crippen molar-refractivity contribution in [2.75, 3.05) is 18.9 Å². The van der Waals surface area contributed by atoms with E-state index in [0.717, 1.165) is 11.1 Å². The molecule has 3 rings (SSSR count). The van der Waals surface area contributed by atoms with Crippen molar-refractivity contribution >= 4 is 17.4 Å². The highest BCUT2D eigenvalue weighted by molar-refractivity contribution is 6.00. The third-order valence-electron chi connectivity index (χ3n) is 4.43. The average molecular weight is 381 g/mol. The maximum absolute atomic E-state index is 13.7. The number of hydrazine groups is 1. The first-order valence-corrected chi connectivity index (χ1v) is 9.07. The Balaban J connectivity index is 1.67. The minimum Gasteiger partial charge on any atom is -0.377 e. The molecular weight excluding hydrogens is 357 g/mol. The van der Waals surface area contributed by atoms with Crippen LogP contribution < -0.4 is 16.1 Å². The molecular formula is C21H24FN5O. The molecule has 0 saturated carbocycles. The summed E-state index contributed by atoms with van der Waals surface area (Å²) in [6.07, 6.45) is 1.18. The van der Waals surface area contributed by atoms with Gasteiger partial charge in [0, 0.05) is 24.4 Å². The summed E-state index contributed by atoms with van der Waals surface area (Å²) in [7, 11) is 1.67. The number of aliphatic imine (C=N–C) groups is 1. The number of anilines is 1. The molecule has 1 atom stereocenters. The topological polar surface area (TPSA) is 68.8 Å². The number of hydrogen-bond acceptors (Lipinski definition) is 4. The summed E-state index contributed by atoms with van der Waals surface area (Å²) in [4.78, 5) is 16.9. The van der Waals surface area contributed by atoms with Gasteiger partial charge in [-0.05, 0) is 26.0 Å². The standard InChI is InChI=1S/C21H24FN5O/c1-14-8-10-16(11-9-14)21(23-3)26-27-15(2)25-17(12-20(27)28)13-24-19-7-5-4-6-18(19)22/h4-12,15,24-25H,13H2,1-3H3,(H,23,26). The second kappa shape index (κ2) is 8.56. The van der Waals surface area contributed by atoms with E-state index in [4.69, 9.17) is 0 Å². The van der Waals surface area contributed by atoms with E-state index in [-0.39, 0.29) is 17.9 Å². The van der Waals surface area contributed by atoms with Crippen LogP contribution in [0.3, 0.4) is 0 Å². The Labute approximate surface area is 164 Å². The highest BCUT2D eigenvalue weighted by Crippen LogP contribution is 2.14. The lowest BCUT2D eigenvalue weighted by Gasteiger charge is -2.35. The summed E-state index contributed by atoms with van der Waals surface area (Å²) < 4.78 is 13.7. The number of nitrogens with zero attached hydrogens (tertiary/aromatic N) is 2. The van der Waals surface area contributed by atoms with Gasteiger partial charge in [0.25, 0.3) is 5.91 Å². The van der Waals surface area contributed by atoms with Crippen LogP contribution in [0.2, 0.25) is 0 Å². The van der Waals surface area contributed by atoms with Crippen molar-refractivity contribution in [3.8, 4) is 0 Å². The number of para-hydroxylation sites is 1. The van der Waals surface area contributed by atoms with Crippen molar-refractivity contribution in [3.63, 3.8) is 0 Å². The van der Waals surface area contributed by atoms with Gasteiger partial charge in [-0.25, -0.2) is 9.40 Å². The van der Waals surface area contributed by atoms with Crippen molar-refractivity contribution in [3.05, 3.63) is 77.2 Å². The van der Waals surface area contributed by atoms with Crippen LogP contribution in [0.4, 0.5) is 10.1 Å². The average Bonchev–Trinajstić information content (AvgIpc) is 2.68. The van der Waals surface area contributed by atoms with Crippen LogP contribution in [0, 0.1) is 12.7 Å². The molecule has 1 aliphatic rings. The van der Waals surface area contributed by atoms with Crippen LogP contribution in [-0.4, -0.2) is 36.5 Å².